The summed E-state index contributed by atoms with van der Waals surface area (Å²) in [5.74, 6) is -2.39. The Morgan fingerprint density at radius 1 is 1.10 bits per heavy atom. The number of amides is 2. The summed E-state index contributed by atoms with van der Waals surface area (Å²) >= 11 is 0. The van der Waals surface area contributed by atoms with Gasteiger partial charge in [0.2, 0.25) is 11.5 Å². The summed E-state index contributed by atoms with van der Waals surface area (Å²) in [7, 11) is 0. The zero-order valence-corrected chi connectivity index (χ0v) is 22.6. The molecular formula is C29H25F4N5O4. The van der Waals surface area contributed by atoms with Gasteiger partial charge in [0.05, 0.1) is 23.4 Å². The number of aryl methyl sites for hydroxylation is 2. The average Bonchev–Trinajstić information content (AvgIpc) is 3.30. The minimum absolute atomic E-state index is 0.0230. The van der Waals surface area contributed by atoms with Crippen LogP contribution >= 0.6 is 0 Å². The maximum absolute atomic E-state index is 14.6. The van der Waals surface area contributed by atoms with Crippen molar-refractivity contribution in [1.29, 1.82) is 0 Å². The van der Waals surface area contributed by atoms with Crippen molar-refractivity contribution in [2.24, 2.45) is 5.73 Å². The first-order valence-corrected chi connectivity index (χ1v) is 12.7. The molecule has 2 aromatic carbocycles. The van der Waals surface area contributed by atoms with Gasteiger partial charge < -0.3 is 20.9 Å². The number of carbonyl (C=O) groups excluding carboxylic acids is 2. The number of nitrogens with one attached hydrogen (secondary N) is 1. The number of pyridine rings is 1. The molecule has 4 N–H and O–H groups in total. The number of nitrogens with zero attached hydrogens (tertiary/aromatic N) is 3. The third-order valence-corrected chi connectivity index (χ3v) is 7.64. The van der Waals surface area contributed by atoms with Gasteiger partial charge in [-0.3, -0.25) is 9.59 Å². The molecule has 0 aliphatic carbocycles. The van der Waals surface area contributed by atoms with Gasteiger partial charge in [0.25, 0.3) is 5.91 Å². The number of rotatable bonds is 6. The quantitative estimate of drug-likeness (QED) is 0.294. The predicted molar refractivity (Wildman–Crippen MR) is 143 cm³/mol. The number of hydrogen-bond donors (Lipinski definition) is 3. The lowest BCUT2D eigenvalue weighted by Crippen LogP contribution is -2.51. The minimum atomic E-state index is -5.34. The highest BCUT2D eigenvalue weighted by molar-refractivity contribution is 5.98. The Hall–Kier alpha value is -4.65. The van der Waals surface area contributed by atoms with Crippen molar-refractivity contribution in [2.45, 2.75) is 38.0 Å². The zero-order chi connectivity index (χ0) is 30.6. The van der Waals surface area contributed by atoms with E-state index in [1.54, 1.807) is 13.8 Å². The van der Waals surface area contributed by atoms with Crippen LogP contribution in [0.1, 0.15) is 39.8 Å². The van der Waals surface area contributed by atoms with Crippen molar-refractivity contribution in [3.8, 4) is 17.0 Å². The molecule has 2 aromatic heterocycles. The number of alkyl halides is 3. The average molecular weight is 584 g/mol. The number of aromatic nitrogens is 3. The molecule has 13 heteroatoms. The van der Waals surface area contributed by atoms with Crippen LogP contribution in [-0.4, -0.2) is 51.4 Å². The maximum atomic E-state index is 14.6. The topological polar surface area (TPSA) is 140 Å². The van der Waals surface area contributed by atoms with Crippen LogP contribution in [0.2, 0.25) is 0 Å². The van der Waals surface area contributed by atoms with Gasteiger partial charge in [0.15, 0.2) is 0 Å². The highest BCUT2D eigenvalue weighted by Crippen LogP contribution is 2.47. The summed E-state index contributed by atoms with van der Waals surface area (Å²) in [6.45, 7) is 3.29. The lowest BCUT2D eigenvalue weighted by atomic mass is 9.81. The molecule has 0 saturated heterocycles. The van der Waals surface area contributed by atoms with Crippen LogP contribution in [0, 0.1) is 19.7 Å². The summed E-state index contributed by atoms with van der Waals surface area (Å²) in [5, 5.41) is 22.0. The summed E-state index contributed by atoms with van der Waals surface area (Å²) in [4.78, 5) is 29.5. The maximum Gasteiger partial charge on any atom is 0.424 e. The number of nitrogens with two attached hydrogens (primary N) is 1. The predicted octanol–water partition coefficient (Wildman–Crippen LogP) is 3.76. The van der Waals surface area contributed by atoms with E-state index in [1.165, 1.54) is 37.3 Å². The number of primary amides is 1. The first-order valence-electron chi connectivity index (χ1n) is 12.7. The first-order chi connectivity index (χ1) is 19.7. The Bertz CT molecular complexity index is 1750. The molecule has 1 aliphatic heterocycles. The van der Waals surface area contributed by atoms with Crippen LogP contribution in [-0.2, 0) is 15.8 Å². The second-order valence-electron chi connectivity index (χ2n) is 10.4. The molecule has 5 rings (SSSR count). The Balaban J connectivity index is 1.58. The molecule has 218 valence electrons. The van der Waals surface area contributed by atoms with E-state index in [-0.39, 0.29) is 34.7 Å². The molecule has 4 aromatic rings. The monoisotopic (exact) mass is 583 g/mol. The summed E-state index contributed by atoms with van der Waals surface area (Å²) in [6, 6.07) is 9.97. The molecule has 1 unspecified atom stereocenters. The molecule has 9 nitrogen and oxygen atoms in total. The van der Waals surface area contributed by atoms with Crippen LogP contribution in [0.5, 0.6) is 5.75 Å². The molecule has 0 fully saturated rings. The third kappa shape index (κ3) is 4.69. The molecule has 0 spiro atoms. The van der Waals surface area contributed by atoms with E-state index in [9.17, 15) is 32.3 Å². The van der Waals surface area contributed by atoms with Crippen molar-refractivity contribution >= 4 is 22.7 Å². The number of ether oxygens (including phenoxy) is 1. The Morgan fingerprint density at radius 2 is 1.79 bits per heavy atom. The molecule has 1 aliphatic rings. The highest BCUT2D eigenvalue weighted by atomic mass is 19.4. The second-order valence-corrected chi connectivity index (χ2v) is 10.4. The number of aliphatic hydroxyl groups is 1. The smallest absolute Gasteiger partial charge is 0.424 e. The van der Waals surface area contributed by atoms with E-state index in [0.29, 0.717) is 16.6 Å². The van der Waals surface area contributed by atoms with Gasteiger partial charge in [0.1, 0.15) is 29.3 Å². The van der Waals surface area contributed by atoms with E-state index in [4.69, 9.17) is 10.5 Å². The number of hydrogen-bond acceptors (Lipinski definition) is 7. The summed E-state index contributed by atoms with van der Waals surface area (Å²) < 4.78 is 63.1. The van der Waals surface area contributed by atoms with Crippen molar-refractivity contribution < 1.29 is 37.0 Å². The van der Waals surface area contributed by atoms with E-state index >= 15 is 0 Å². The van der Waals surface area contributed by atoms with Crippen molar-refractivity contribution in [3.63, 3.8) is 0 Å². The molecule has 2 atom stereocenters. The molecule has 3 heterocycles. The van der Waals surface area contributed by atoms with Crippen LogP contribution in [0.15, 0.2) is 48.5 Å². The van der Waals surface area contributed by atoms with Crippen LogP contribution in [0.25, 0.3) is 22.2 Å². The van der Waals surface area contributed by atoms with Crippen molar-refractivity contribution in [1.82, 2.24) is 20.5 Å². The molecule has 2 amide bonds. The Kier molecular flexibility index (Phi) is 6.88. The van der Waals surface area contributed by atoms with Crippen LogP contribution in [0.4, 0.5) is 17.6 Å². The molecule has 0 radical (unpaired) electrons. The molecule has 0 saturated carbocycles. The fourth-order valence-electron chi connectivity index (χ4n) is 4.71. The number of fused-ring (bicyclic) bond motifs is 2. The van der Waals surface area contributed by atoms with Gasteiger partial charge >= 0.3 is 6.18 Å². The van der Waals surface area contributed by atoms with E-state index in [0.717, 1.165) is 23.8 Å². The fourth-order valence-corrected chi connectivity index (χ4v) is 4.71. The van der Waals surface area contributed by atoms with Crippen molar-refractivity contribution in [3.05, 3.63) is 82.4 Å². The number of halogens is 4. The standard InChI is InChI=1S/C29H25F4N5O4/c1-14-15(2)37-38-21-9-6-17(10-19(14)21)25(39)35-12-28(41,29(31,32)33)22-11-20-24(42-13-27(20,3)26(34)40)23(36-22)16-4-7-18(30)8-5-16/h4-11,41H,12-13H2,1-3H3,(H2,34,40)(H,35,39)/t27-,28?/m0/s1. The molecule has 0 bridgehead atoms. The zero-order valence-electron chi connectivity index (χ0n) is 22.6. The number of benzene rings is 2. The van der Waals surface area contributed by atoms with Gasteiger partial charge in [-0.1, -0.05) is 0 Å². The fraction of sp³-hybridized carbons (Fsp3) is 0.276. The second kappa shape index (κ2) is 10.0. The van der Waals surface area contributed by atoms with E-state index < -0.39 is 47.1 Å². The highest BCUT2D eigenvalue weighted by Gasteiger charge is 2.57. The third-order valence-electron chi connectivity index (χ3n) is 7.64. The van der Waals surface area contributed by atoms with Gasteiger partial charge in [-0.15, -0.1) is 0 Å². The summed E-state index contributed by atoms with van der Waals surface area (Å²) in [5.41, 5.74) is 1.29. The van der Waals surface area contributed by atoms with Gasteiger partial charge in [0, 0.05) is 22.1 Å². The normalized spacial score (nSPS) is 17.8. The van der Waals surface area contributed by atoms with Gasteiger partial charge in [-0.25, -0.2) is 9.37 Å². The molecule has 42 heavy (non-hydrogen) atoms. The lowest BCUT2D eigenvalue weighted by molar-refractivity contribution is -0.265. The van der Waals surface area contributed by atoms with E-state index in [2.05, 4.69) is 20.5 Å². The van der Waals surface area contributed by atoms with Gasteiger partial charge in [-0.2, -0.15) is 23.4 Å². The Morgan fingerprint density at radius 3 is 2.43 bits per heavy atom. The van der Waals surface area contributed by atoms with Gasteiger partial charge in [-0.05, 0) is 74.9 Å². The van der Waals surface area contributed by atoms with Crippen LogP contribution < -0.4 is 15.8 Å². The summed E-state index contributed by atoms with van der Waals surface area (Å²) in [6.07, 6.45) is -5.34. The van der Waals surface area contributed by atoms with Crippen molar-refractivity contribution in [2.75, 3.05) is 13.2 Å². The lowest BCUT2D eigenvalue weighted by Gasteiger charge is -2.31. The van der Waals surface area contributed by atoms with Crippen LogP contribution in [0.3, 0.4) is 0 Å². The SMILES string of the molecule is Cc1nnc2ccc(C(=O)NCC(O)(c3cc4c(c(-c5ccc(F)cc5)n3)OC[C@]4(C)C(N)=O)C(F)(F)F)cc2c1C. The minimum Gasteiger partial charge on any atom is -0.489 e. The largest absolute Gasteiger partial charge is 0.489 e. The first kappa shape index (κ1) is 28.9. The molecular weight excluding hydrogens is 558 g/mol. The van der Waals surface area contributed by atoms with E-state index in [1.807, 2.05) is 0 Å². The number of carbonyl (C=O) groups is 2. The Labute approximate surface area is 236 Å².